The summed E-state index contributed by atoms with van der Waals surface area (Å²) < 4.78 is 6.10. The summed E-state index contributed by atoms with van der Waals surface area (Å²) in [6.07, 6.45) is 8.42. The molecule has 1 unspecified atom stereocenters. The fraction of sp³-hybridized carbons (Fsp3) is 1.00. The Kier molecular flexibility index (Phi) is 9.72. The number of rotatable bonds is 8. The molecular weight excluding hydrogens is 196 g/mol. The molecule has 0 amide bonds. The van der Waals surface area contributed by atoms with Gasteiger partial charge in [0.2, 0.25) is 0 Å². The number of hydrogen-bond acceptors (Lipinski definition) is 1. The Morgan fingerprint density at radius 2 is 1.69 bits per heavy atom. The van der Waals surface area contributed by atoms with Gasteiger partial charge in [-0.2, -0.15) is 0 Å². The number of hydrogen-bond donors (Lipinski definition) is 0. The molecule has 0 saturated carbocycles. The third-order valence-electron chi connectivity index (χ3n) is 2.01. The van der Waals surface area contributed by atoms with Crippen LogP contribution < -0.4 is 0 Å². The van der Waals surface area contributed by atoms with Crippen LogP contribution in [-0.2, 0) is 25.2 Å². The minimum absolute atomic E-state index is 0.380. The molecule has 0 aliphatic rings. The molecule has 77 valence electrons. The summed E-state index contributed by atoms with van der Waals surface area (Å²) in [5.41, 5.74) is 0. The van der Waals surface area contributed by atoms with Crippen LogP contribution in [0.2, 0.25) is 0 Å². The van der Waals surface area contributed by atoms with Crippen molar-refractivity contribution in [2.45, 2.75) is 69.8 Å². The van der Waals surface area contributed by atoms with Crippen LogP contribution in [0.1, 0.15) is 59.3 Å². The van der Waals surface area contributed by atoms with E-state index >= 15 is 0 Å². The van der Waals surface area contributed by atoms with Crippen molar-refractivity contribution in [1.29, 1.82) is 0 Å². The van der Waals surface area contributed by atoms with Crippen molar-refractivity contribution in [2.24, 2.45) is 0 Å². The van der Waals surface area contributed by atoms with Gasteiger partial charge in [-0.15, -0.1) is 0 Å². The monoisotopic (exact) mass is 219 g/mol. The van der Waals surface area contributed by atoms with Crippen molar-refractivity contribution >= 4 is 0 Å². The molecule has 0 saturated heterocycles. The van der Waals surface area contributed by atoms with E-state index in [1.807, 2.05) is 0 Å². The molecule has 0 rings (SSSR count). The van der Waals surface area contributed by atoms with Gasteiger partial charge in [0.05, 0.1) is 0 Å². The van der Waals surface area contributed by atoms with Crippen LogP contribution >= 0.6 is 0 Å². The van der Waals surface area contributed by atoms with E-state index < -0.39 is 0 Å². The summed E-state index contributed by atoms with van der Waals surface area (Å²) in [4.78, 5) is 0. The zero-order chi connectivity index (χ0) is 10.1. The summed E-state index contributed by atoms with van der Waals surface area (Å²) in [7, 11) is 0. The Bertz CT molecular complexity index is 104. The van der Waals surface area contributed by atoms with Crippen molar-refractivity contribution in [3.8, 4) is 0 Å². The van der Waals surface area contributed by atoms with E-state index in [4.69, 9.17) is 4.74 Å². The fourth-order valence-electron chi connectivity index (χ4n) is 1.33. The maximum atomic E-state index is 5.66. The van der Waals surface area contributed by atoms with Gasteiger partial charge >= 0.3 is 95.0 Å². The topological polar surface area (TPSA) is 9.23 Å². The molecule has 0 N–H and O–H groups in total. The fourth-order valence-corrected chi connectivity index (χ4v) is 2.07. The van der Waals surface area contributed by atoms with E-state index in [0.29, 0.717) is 10.5 Å². The molecule has 1 atom stereocenters. The van der Waals surface area contributed by atoms with Crippen LogP contribution in [-0.4, -0.2) is 10.5 Å². The molecule has 0 aromatic heterocycles. The van der Waals surface area contributed by atoms with Gasteiger partial charge in [0, 0.05) is 0 Å². The Hall–Kier alpha value is 0.674. The summed E-state index contributed by atoms with van der Waals surface area (Å²) in [5.74, 6) is 0. The van der Waals surface area contributed by atoms with Gasteiger partial charge in [0.1, 0.15) is 0 Å². The molecule has 0 aromatic carbocycles. The van der Waals surface area contributed by atoms with E-state index in [0.717, 1.165) is 0 Å². The molecule has 0 radical (unpaired) electrons. The van der Waals surface area contributed by atoms with E-state index in [-0.39, 0.29) is 0 Å². The predicted molar refractivity (Wildman–Crippen MR) is 53.4 cm³/mol. The molecule has 0 aliphatic carbocycles. The van der Waals surface area contributed by atoms with Gasteiger partial charge in [0.25, 0.3) is 0 Å². The quantitative estimate of drug-likeness (QED) is 0.447. The third kappa shape index (κ3) is 10.6. The second-order valence-corrected chi connectivity index (χ2v) is 4.88. The summed E-state index contributed by atoms with van der Waals surface area (Å²) >= 11 is 2.18. The molecule has 0 fully saturated rings. The zero-order valence-corrected chi connectivity index (χ0v) is 10.9. The van der Waals surface area contributed by atoms with E-state index in [1.54, 1.807) is 0 Å². The van der Waals surface area contributed by atoms with Gasteiger partial charge in [-0.25, -0.2) is 0 Å². The first-order valence-corrected chi connectivity index (χ1v) is 6.43. The normalized spacial score (nSPS) is 13.5. The van der Waals surface area contributed by atoms with Crippen LogP contribution in [0.25, 0.3) is 0 Å². The molecule has 0 aromatic rings. The predicted octanol–water partition coefficient (Wildman–Crippen LogP) is 3.64. The van der Waals surface area contributed by atoms with Crippen LogP contribution in [0.4, 0.5) is 0 Å². The van der Waals surface area contributed by atoms with Crippen molar-refractivity contribution in [3.05, 3.63) is 0 Å². The van der Waals surface area contributed by atoms with E-state index in [1.165, 1.54) is 38.5 Å². The van der Waals surface area contributed by atoms with Crippen molar-refractivity contribution in [2.75, 3.05) is 0 Å². The second-order valence-electron chi connectivity index (χ2n) is 3.88. The summed E-state index contributed by atoms with van der Waals surface area (Å²) in [6, 6.07) is 0. The zero-order valence-electron chi connectivity index (χ0n) is 9.31. The number of unbranched alkanes of at least 4 members (excludes halogenated alkanes) is 4. The minimum atomic E-state index is 0.380. The van der Waals surface area contributed by atoms with Gasteiger partial charge in [-0.1, -0.05) is 0 Å². The van der Waals surface area contributed by atoms with Crippen molar-refractivity contribution in [1.82, 2.24) is 0 Å². The molecule has 0 bridgehead atoms. The van der Waals surface area contributed by atoms with Crippen molar-refractivity contribution < 1.29 is 25.2 Å². The van der Waals surface area contributed by atoms with Crippen LogP contribution in [0.5, 0.6) is 0 Å². The van der Waals surface area contributed by atoms with Crippen LogP contribution in [0.3, 0.4) is 0 Å². The maximum absolute atomic E-state index is 5.66. The Morgan fingerprint density at radius 3 is 2.23 bits per heavy atom. The Morgan fingerprint density at radius 1 is 1.08 bits per heavy atom. The van der Waals surface area contributed by atoms with Gasteiger partial charge in [0.15, 0.2) is 0 Å². The van der Waals surface area contributed by atoms with Crippen molar-refractivity contribution in [3.63, 3.8) is 0 Å². The molecule has 0 heterocycles. The first kappa shape index (κ1) is 13.7. The Balaban J connectivity index is 3.12. The van der Waals surface area contributed by atoms with Gasteiger partial charge in [-0.3, -0.25) is 0 Å². The van der Waals surface area contributed by atoms with Crippen LogP contribution in [0.15, 0.2) is 0 Å². The third-order valence-corrected chi connectivity index (χ3v) is 2.67. The molecule has 1 nitrogen and oxygen atoms in total. The molecule has 0 spiro atoms. The first-order valence-electron chi connectivity index (χ1n) is 5.53. The average Bonchev–Trinajstić information content (AvgIpc) is 2.02. The van der Waals surface area contributed by atoms with Gasteiger partial charge < -0.3 is 0 Å². The Labute approximate surface area is 95.0 Å². The summed E-state index contributed by atoms with van der Waals surface area (Å²) in [6.45, 7) is 6.46. The molecule has 0 aliphatic heterocycles. The molecule has 2 heteroatoms. The molecule has 13 heavy (non-hydrogen) atoms. The summed E-state index contributed by atoms with van der Waals surface area (Å²) in [5, 5.41) is 0. The van der Waals surface area contributed by atoms with Gasteiger partial charge in [-0.05, 0) is 0 Å². The van der Waals surface area contributed by atoms with Crippen LogP contribution in [0, 0.1) is 0 Å². The number of ether oxygens (including phenoxy) is 1. The molecular formula is C11H23OTi. The second kappa shape index (κ2) is 9.24. The SMILES string of the molecule is CCCCCCC[CH]([Ti])OC(C)C. The standard InChI is InChI=1S/C11H23O.Ti/c1-4-5-6-7-8-9-10-12-11(2)3;/h10-11H,4-9H2,1-3H3;. The van der Waals surface area contributed by atoms with E-state index in [2.05, 4.69) is 41.2 Å². The van der Waals surface area contributed by atoms with E-state index in [9.17, 15) is 0 Å². The average molecular weight is 219 g/mol. The first-order chi connectivity index (χ1) is 6.16.